The largest absolute Gasteiger partial charge is 0.476 e. The molecule has 3 heterocycles. The number of aromatic nitrogens is 2. The van der Waals surface area contributed by atoms with Crippen molar-refractivity contribution in [2.45, 2.75) is 45.1 Å². The van der Waals surface area contributed by atoms with Gasteiger partial charge in [-0.2, -0.15) is 0 Å². The first-order valence-electron chi connectivity index (χ1n) is 8.57. The van der Waals surface area contributed by atoms with E-state index in [9.17, 15) is 14.7 Å². The van der Waals surface area contributed by atoms with Crippen LogP contribution in [0.2, 0.25) is 0 Å². The number of benzene rings is 1. The summed E-state index contributed by atoms with van der Waals surface area (Å²) in [7, 11) is 0. The normalized spacial score (nSPS) is 19.2. The first-order valence-corrected chi connectivity index (χ1v) is 8.57. The number of imidazole rings is 1. The maximum Gasteiger partial charge on any atom is 0.356 e. The third kappa shape index (κ3) is 2.20. The number of hydrogen-bond acceptors (Lipinski definition) is 3. The van der Waals surface area contributed by atoms with Crippen LogP contribution in [0.5, 0.6) is 0 Å². The fourth-order valence-electron chi connectivity index (χ4n) is 3.94. The van der Waals surface area contributed by atoms with E-state index in [-0.39, 0.29) is 23.1 Å². The van der Waals surface area contributed by atoms with Gasteiger partial charge in [0.25, 0.3) is 5.91 Å². The lowest BCUT2D eigenvalue weighted by molar-refractivity contribution is 0.0673. The number of nitrogens with zero attached hydrogens (tertiary/aromatic N) is 3. The van der Waals surface area contributed by atoms with Crippen molar-refractivity contribution in [3.05, 3.63) is 47.0 Å². The summed E-state index contributed by atoms with van der Waals surface area (Å²) >= 11 is 0. The van der Waals surface area contributed by atoms with Gasteiger partial charge < -0.3 is 10.0 Å². The first kappa shape index (κ1) is 15.9. The van der Waals surface area contributed by atoms with Crippen LogP contribution in [0.25, 0.3) is 5.69 Å². The second-order valence-electron chi connectivity index (χ2n) is 7.73. The van der Waals surface area contributed by atoms with E-state index in [0.717, 1.165) is 18.5 Å². The van der Waals surface area contributed by atoms with Crippen molar-refractivity contribution in [1.82, 2.24) is 14.5 Å². The fourth-order valence-corrected chi connectivity index (χ4v) is 3.94. The molecule has 1 aromatic heterocycles. The van der Waals surface area contributed by atoms with Crippen LogP contribution in [0.3, 0.4) is 0 Å². The first-order chi connectivity index (χ1) is 11.8. The molecule has 2 aliphatic heterocycles. The SMILES string of the molecule is CC(C)(C)c1nc(C(=O)O)c2n1-c1ccccc1C(=O)N1CCC[C@@H]21. The number of carboxylic acid groups (broad SMARTS) is 1. The predicted octanol–water partition coefficient (Wildman–Crippen LogP) is 3.16. The number of carbonyl (C=O) groups is 2. The molecular weight excluding hydrogens is 318 g/mol. The quantitative estimate of drug-likeness (QED) is 0.866. The number of hydrogen-bond donors (Lipinski definition) is 1. The molecule has 0 radical (unpaired) electrons. The summed E-state index contributed by atoms with van der Waals surface area (Å²) in [6, 6.07) is 7.17. The van der Waals surface area contributed by atoms with E-state index in [0.29, 0.717) is 23.6 Å². The molecule has 1 fully saturated rings. The van der Waals surface area contributed by atoms with E-state index in [1.54, 1.807) is 4.90 Å². The van der Waals surface area contributed by atoms with Crippen LogP contribution in [0, 0.1) is 0 Å². The summed E-state index contributed by atoms with van der Waals surface area (Å²) in [5.41, 5.74) is 1.67. The van der Waals surface area contributed by atoms with Gasteiger partial charge in [0.2, 0.25) is 0 Å². The highest BCUT2D eigenvalue weighted by molar-refractivity contribution is 5.99. The Morgan fingerprint density at radius 1 is 1.28 bits per heavy atom. The molecule has 2 aliphatic rings. The van der Waals surface area contributed by atoms with Crippen molar-refractivity contribution in [2.24, 2.45) is 0 Å². The van der Waals surface area contributed by atoms with Crippen molar-refractivity contribution >= 4 is 11.9 Å². The zero-order chi connectivity index (χ0) is 17.9. The maximum atomic E-state index is 13.1. The van der Waals surface area contributed by atoms with E-state index in [2.05, 4.69) is 4.98 Å². The second kappa shape index (κ2) is 5.18. The highest BCUT2D eigenvalue weighted by Crippen LogP contribution is 2.42. The lowest BCUT2D eigenvalue weighted by Crippen LogP contribution is -2.30. The van der Waals surface area contributed by atoms with Crippen LogP contribution >= 0.6 is 0 Å². The Hall–Kier alpha value is -2.63. The van der Waals surface area contributed by atoms with Gasteiger partial charge in [-0.15, -0.1) is 0 Å². The Labute approximate surface area is 146 Å². The lowest BCUT2D eigenvalue weighted by Gasteiger charge is -2.23. The molecule has 130 valence electrons. The summed E-state index contributed by atoms with van der Waals surface area (Å²) in [6.45, 7) is 6.68. The van der Waals surface area contributed by atoms with Gasteiger partial charge in [-0.3, -0.25) is 9.36 Å². The third-order valence-corrected chi connectivity index (χ3v) is 4.99. The molecule has 1 saturated heterocycles. The molecule has 1 amide bonds. The van der Waals surface area contributed by atoms with Gasteiger partial charge >= 0.3 is 5.97 Å². The van der Waals surface area contributed by atoms with E-state index in [1.807, 2.05) is 49.6 Å². The molecule has 25 heavy (non-hydrogen) atoms. The molecule has 0 bridgehead atoms. The second-order valence-corrected chi connectivity index (χ2v) is 7.73. The average Bonchev–Trinajstić information content (AvgIpc) is 3.15. The van der Waals surface area contributed by atoms with Gasteiger partial charge in [0.15, 0.2) is 5.69 Å². The Bertz CT molecular complexity index is 892. The number of amides is 1. The summed E-state index contributed by atoms with van der Waals surface area (Å²) in [4.78, 5) is 31.3. The molecular formula is C19H21N3O3. The van der Waals surface area contributed by atoms with Crippen molar-refractivity contribution in [2.75, 3.05) is 6.54 Å². The zero-order valence-electron chi connectivity index (χ0n) is 14.6. The molecule has 6 heteroatoms. The minimum Gasteiger partial charge on any atom is -0.476 e. The van der Waals surface area contributed by atoms with Crippen LogP contribution in [0.1, 0.15) is 72.0 Å². The van der Waals surface area contributed by atoms with E-state index in [1.165, 1.54) is 0 Å². The van der Waals surface area contributed by atoms with Crippen molar-refractivity contribution in [3.8, 4) is 5.69 Å². The number of rotatable bonds is 1. The Balaban J connectivity index is 2.14. The van der Waals surface area contributed by atoms with Crippen LogP contribution in [0.15, 0.2) is 24.3 Å². The number of carboxylic acids is 1. The number of aromatic carboxylic acids is 1. The lowest BCUT2D eigenvalue weighted by atomic mass is 9.95. The van der Waals surface area contributed by atoms with Crippen molar-refractivity contribution < 1.29 is 14.7 Å². The molecule has 1 atom stereocenters. The number of fused-ring (bicyclic) bond motifs is 5. The monoisotopic (exact) mass is 339 g/mol. The van der Waals surface area contributed by atoms with Gasteiger partial charge in [-0.25, -0.2) is 9.78 Å². The van der Waals surface area contributed by atoms with Crippen molar-refractivity contribution in [1.29, 1.82) is 0 Å². The fraction of sp³-hybridized carbons (Fsp3) is 0.421. The topological polar surface area (TPSA) is 75.4 Å². The Kier molecular flexibility index (Phi) is 3.29. The van der Waals surface area contributed by atoms with E-state index in [4.69, 9.17) is 0 Å². The van der Waals surface area contributed by atoms with Crippen LogP contribution in [-0.2, 0) is 5.41 Å². The third-order valence-electron chi connectivity index (χ3n) is 4.99. The molecule has 1 aromatic carbocycles. The minimum atomic E-state index is -1.04. The van der Waals surface area contributed by atoms with Crippen LogP contribution in [-0.4, -0.2) is 38.0 Å². The van der Waals surface area contributed by atoms with E-state index < -0.39 is 5.97 Å². The maximum absolute atomic E-state index is 13.1. The molecule has 1 N–H and O–H groups in total. The molecule has 4 rings (SSSR count). The summed E-state index contributed by atoms with van der Waals surface area (Å²) in [5.74, 6) is -0.398. The number of carbonyl (C=O) groups excluding carboxylic acids is 1. The zero-order valence-corrected chi connectivity index (χ0v) is 14.6. The highest BCUT2D eigenvalue weighted by Gasteiger charge is 2.42. The van der Waals surface area contributed by atoms with Gasteiger partial charge in [0.05, 0.1) is 23.0 Å². The Morgan fingerprint density at radius 2 is 2.00 bits per heavy atom. The summed E-state index contributed by atoms with van der Waals surface area (Å²) < 4.78 is 1.92. The molecule has 6 nitrogen and oxygen atoms in total. The average molecular weight is 339 g/mol. The van der Waals surface area contributed by atoms with Crippen LogP contribution in [0.4, 0.5) is 0 Å². The minimum absolute atomic E-state index is 0.0296. The molecule has 0 aliphatic carbocycles. The molecule has 2 aromatic rings. The molecule has 0 unspecified atom stereocenters. The predicted molar refractivity (Wildman–Crippen MR) is 92.2 cm³/mol. The van der Waals surface area contributed by atoms with Crippen molar-refractivity contribution in [3.63, 3.8) is 0 Å². The number of para-hydroxylation sites is 1. The smallest absolute Gasteiger partial charge is 0.356 e. The standard InChI is InChI=1S/C19H21N3O3/c1-19(2,3)18-20-14(17(24)25)15-13-9-6-10-21(13)16(23)11-7-4-5-8-12(11)22(15)18/h4-5,7-8,13H,6,9-10H2,1-3H3,(H,24,25)/t13-/m0/s1. The van der Waals surface area contributed by atoms with Gasteiger partial charge in [-0.05, 0) is 25.0 Å². The molecule has 0 spiro atoms. The highest BCUT2D eigenvalue weighted by atomic mass is 16.4. The summed E-state index contributed by atoms with van der Waals surface area (Å²) in [6.07, 6.45) is 1.63. The van der Waals surface area contributed by atoms with Gasteiger partial charge in [-0.1, -0.05) is 32.9 Å². The van der Waals surface area contributed by atoms with Gasteiger partial charge in [0, 0.05) is 12.0 Å². The molecule has 0 saturated carbocycles. The van der Waals surface area contributed by atoms with Gasteiger partial charge in [0.1, 0.15) is 5.82 Å². The van der Waals surface area contributed by atoms with E-state index >= 15 is 0 Å². The van der Waals surface area contributed by atoms with Crippen LogP contribution < -0.4 is 0 Å². The Morgan fingerprint density at radius 3 is 2.68 bits per heavy atom. The summed E-state index contributed by atoms with van der Waals surface area (Å²) in [5, 5.41) is 9.77.